The molecule has 0 aromatic heterocycles. The molecule has 2 unspecified atom stereocenters. The highest BCUT2D eigenvalue weighted by Crippen LogP contribution is 2.34. The largest absolute Gasteiger partial charge is 0.491 e. The van der Waals surface area contributed by atoms with Gasteiger partial charge in [-0.3, -0.25) is 0 Å². The van der Waals surface area contributed by atoms with Crippen LogP contribution in [-0.2, 0) is 14.2 Å². The zero-order valence-electron chi connectivity index (χ0n) is 9.63. The molecule has 1 aromatic rings. The molecule has 4 nitrogen and oxygen atoms in total. The summed E-state index contributed by atoms with van der Waals surface area (Å²) in [6, 6.07) is 9.71. The van der Waals surface area contributed by atoms with Gasteiger partial charge in [0.15, 0.2) is 0 Å². The van der Waals surface area contributed by atoms with Crippen LogP contribution in [0.25, 0.3) is 0 Å². The maximum absolute atomic E-state index is 5.76. The lowest BCUT2D eigenvalue weighted by Crippen LogP contribution is -2.30. The van der Waals surface area contributed by atoms with E-state index in [-0.39, 0.29) is 6.10 Å². The zero-order valence-corrected chi connectivity index (χ0v) is 9.63. The van der Waals surface area contributed by atoms with Crippen molar-refractivity contribution in [3.63, 3.8) is 0 Å². The molecule has 2 aliphatic heterocycles. The first-order valence-electron chi connectivity index (χ1n) is 6.00. The monoisotopic (exact) mass is 236 g/mol. The fourth-order valence-corrected chi connectivity index (χ4v) is 2.13. The van der Waals surface area contributed by atoms with Crippen LogP contribution in [0.2, 0.25) is 0 Å². The highest BCUT2D eigenvalue weighted by molar-refractivity contribution is 5.20. The molecular formula is C13H16O4. The van der Waals surface area contributed by atoms with Gasteiger partial charge in [-0.2, -0.15) is 0 Å². The summed E-state index contributed by atoms with van der Waals surface area (Å²) >= 11 is 0. The van der Waals surface area contributed by atoms with Crippen molar-refractivity contribution in [1.29, 1.82) is 0 Å². The molecule has 0 bridgehead atoms. The number of hydrogen-bond donors (Lipinski definition) is 0. The quantitative estimate of drug-likeness (QED) is 0.803. The second-order valence-corrected chi connectivity index (χ2v) is 4.31. The van der Waals surface area contributed by atoms with Gasteiger partial charge in [-0.25, -0.2) is 0 Å². The summed E-state index contributed by atoms with van der Waals surface area (Å²) in [5.74, 6) is 0.0782. The van der Waals surface area contributed by atoms with E-state index in [9.17, 15) is 0 Å². The Balaban J connectivity index is 1.51. The minimum absolute atomic E-state index is 0.0479. The van der Waals surface area contributed by atoms with Gasteiger partial charge in [-0.05, 0) is 18.6 Å². The maximum atomic E-state index is 5.76. The second kappa shape index (κ2) is 4.64. The normalized spacial score (nSPS) is 32.1. The molecule has 92 valence electrons. The van der Waals surface area contributed by atoms with Crippen molar-refractivity contribution < 1.29 is 18.9 Å². The summed E-state index contributed by atoms with van der Waals surface area (Å²) < 4.78 is 22.5. The first-order chi connectivity index (χ1) is 8.36. The molecule has 1 aromatic carbocycles. The molecule has 0 saturated carbocycles. The van der Waals surface area contributed by atoms with Crippen LogP contribution in [0.15, 0.2) is 30.3 Å². The van der Waals surface area contributed by atoms with Crippen LogP contribution in [0.5, 0.6) is 5.75 Å². The average molecular weight is 236 g/mol. The predicted molar refractivity (Wildman–Crippen MR) is 60.7 cm³/mol. The summed E-state index contributed by atoms with van der Waals surface area (Å²) in [4.78, 5) is 0. The van der Waals surface area contributed by atoms with Crippen molar-refractivity contribution in [3.05, 3.63) is 30.3 Å². The van der Waals surface area contributed by atoms with E-state index in [1.807, 2.05) is 30.3 Å². The molecular weight excluding hydrogens is 220 g/mol. The van der Waals surface area contributed by atoms with Crippen LogP contribution < -0.4 is 4.74 Å². The SMILES string of the molecule is c1ccc(OCC2COC3(CCCO3)O2)cc1. The van der Waals surface area contributed by atoms with E-state index in [1.165, 1.54) is 0 Å². The van der Waals surface area contributed by atoms with Gasteiger partial charge >= 0.3 is 0 Å². The van der Waals surface area contributed by atoms with Gasteiger partial charge in [-0.15, -0.1) is 0 Å². The van der Waals surface area contributed by atoms with Gasteiger partial charge in [-0.1, -0.05) is 18.2 Å². The van der Waals surface area contributed by atoms with Crippen LogP contribution in [0, 0.1) is 0 Å². The summed E-state index contributed by atoms with van der Waals surface area (Å²) in [5, 5.41) is 0. The molecule has 2 heterocycles. The molecule has 1 spiro atoms. The van der Waals surface area contributed by atoms with E-state index in [0.717, 1.165) is 18.6 Å². The molecule has 2 saturated heterocycles. The van der Waals surface area contributed by atoms with E-state index < -0.39 is 5.97 Å². The number of benzene rings is 1. The van der Waals surface area contributed by atoms with Crippen molar-refractivity contribution in [3.8, 4) is 5.75 Å². The minimum atomic E-state index is -0.773. The molecule has 0 amide bonds. The number of ether oxygens (including phenoxy) is 4. The van der Waals surface area contributed by atoms with Crippen molar-refractivity contribution in [2.24, 2.45) is 0 Å². The number of hydrogen-bond acceptors (Lipinski definition) is 4. The standard InChI is InChI=1S/C13H16O4/c1-2-5-11(6-3-1)14-9-12-10-16-13(17-12)7-4-8-15-13/h1-3,5-6,12H,4,7-10H2. The highest BCUT2D eigenvalue weighted by atomic mass is 16.9. The van der Waals surface area contributed by atoms with Gasteiger partial charge in [0.2, 0.25) is 0 Å². The maximum Gasteiger partial charge on any atom is 0.283 e. The summed E-state index contributed by atoms with van der Waals surface area (Å²) in [6.07, 6.45) is 1.76. The Bertz CT molecular complexity index is 359. The summed E-state index contributed by atoms with van der Waals surface area (Å²) in [7, 11) is 0. The Labute approximate surface area is 100 Å². The van der Waals surface area contributed by atoms with Gasteiger partial charge in [0.1, 0.15) is 18.5 Å². The summed E-state index contributed by atoms with van der Waals surface area (Å²) in [6.45, 7) is 1.74. The topological polar surface area (TPSA) is 36.9 Å². The fourth-order valence-electron chi connectivity index (χ4n) is 2.13. The Kier molecular flexibility index (Phi) is 3.01. The Morgan fingerprint density at radius 2 is 2.12 bits per heavy atom. The molecule has 0 radical (unpaired) electrons. The lowest BCUT2D eigenvalue weighted by Gasteiger charge is -2.20. The molecule has 0 N–H and O–H groups in total. The van der Waals surface area contributed by atoms with Crippen molar-refractivity contribution >= 4 is 0 Å². The molecule has 0 aliphatic carbocycles. The second-order valence-electron chi connectivity index (χ2n) is 4.31. The third kappa shape index (κ3) is 2.44. The third-order valence-corrected chi connectivity index (χ3v) is 2.96. The molecule has 4 heteroatoms. The predicted octanol–water partition coefficient (Wildman–Crippen LogP) is 1.94. The van der Waals surface area contributed by atoms with E-state index in [4.69, 9.17) is 18.9 Å². The van der Waals surface area contributed by atoms with E-state index in [1.54, 1.807) is 0 Å². The van der Waals surface area contributed by atoms with E-state index in [2.05, 4.69) is 0 Å². The first kappa shape index (κ1) is 11.0. The third-order valence-electron chi connectivity index (χ3n) is 2.96. The Morgan fingerprint density at radius 1 is 1.24 bits per heavy atom. The average Bonchev–Trinajstić information content (AvgIpc) is 2.99. The van der Waals surface area contributed by atoms with Gasteiger partial charge in [0.25, 0.3) is 5.97 Å². The number of para-hydroxylation sites is 1. The van der Waals surface area contributed by atoms with Crippen LogP contribution in [0.4, 0.5) is 0 Å². The minimum Gasteiger partial charge on any atom is -0.491 e. The van der Waals surface area contributed by atoms with E-state index >= 15 is 0 Å². The van der Waals surface area contributed by atoms with E-state index in [0.29, 0.717) is 19.8 Å². The van der Waals surface area contributed by atoms with Crippen LogP contribution in [-0.4, -0.2) is 31.9 Å². The smallest absolute Gasteiger partial charge is 0.283 e. The fraction of sp³-hybridized carbons (Fsp3) is 0.538. The lowest BCUT2D eigenvalue weighted by molar-refractivity contribution is -0.314. The first-order valence-corrected chi connectivity index (χ1v) is 6.00. The van der Waals surface area contributed by atoms with Crippen molar-refractivity contribution in [2.75, 3.05) is 19.8 Å². The van der Waals surface area contributed by atoms with Gasteiger partial charge < -0.3 is 18.9 Å². The van der Waals surface area contributed by atoms with Crippen LogP contribution >= 0.6 is 0 Å². The summed E-state index contributed by atoms with van der Waals surface area (Å²) in [5.41, 5.74) is 0. The molecule has 2 atom stereocenters. The van der Waals surface area contributed by atoms with Crippen LogP contribution in [0.3, 0.4) is 0 Å². The zero-order chi connectivity index (χ0) is 11.6. The van der Waals surface area contributed by atoms with Gasteiger partial charge in [0, 0.05) is 6.42 Å². The molecule has 17 heavy (non-hydrogen) atoms. The highest BCUT2D eigenvalue weighted by Gasteiger charge is 2.45. The molecule has 3 rings (SSSR count). The van der Waals surface area contributed by atoms with Crippen molar-refractivity contribution in [1.82, 2.24) is 0 Å². The lowest BCUT2D eigenvalue weighted by atomic mass is 10.3. The Morgan fingerprint density at radius 3 is 2.88 bits per heavy atom. The number of rotatable bonds is 3. The van der Waals surface area contributed by atoms with Crippen LogP contribution in [0.1, 0.15) is 12.8 Å². The molecule has 2 aliphatic rings. The van der Waals surface area contributed by atoms with Gasteiger partial charge in [0.05, 0.1) is 13.2 Å². The van der Waals surface area contributed by atoms with Crippen molar-refractivity contribution in [2.45, 2.75) is 24.9 Å². The molecule has 2 fully saturated rings. The Hall–Kier alpha value is -1.10.